The van der Waals surface area contributed by atoms with Crippen molar-refractivity contribution in [3.8, 4) is 11.5 Å². The molecular formula is C20H30F4N4O2. The molecule has 10 heteroatoms. The maximum absolute atomic E-state index is 12.8. The molecule has 0 atom stereocenters. The average Bonchev–Trinajstić information content (AvgIpc) is 2.71. The molecule has 1 heterocycles. The predicted molar refractivity (Wildman–Crippen MR) is 108 cm³/mol. The first-order valence-corrected chi connectivity index (χ1v) is 10.1. The summed E-state index contributed by atoms with van der Waals surface area (Å²) in [5.41, 5.74) is 0.536. The fraction of sp³-hybridized carbons (Fsp3) is 0.650. The van der Waals surface area contributed by atoms with Crippen LogP contribution in [-0.4, -0.2) is 63.2 Å². The molecule has 0 aromatic heterocycles. The van der Waals surface area contributed by atoms with Gasteiger partial charge in [-0.15, -0.1) is 0 Å². The summed E-state index contributed by atoms with van der Waals surface area (Å²) >= 11 is 0. The van der Waals surface area contributed by atoms with Crippen LogP contribution in [0.1, 0.15) is 31.7 Å². The van der Waals surface area contributed by atoms with E-state index in [1.54, 1.807) is 24.1 Å². The number of nitrogens with zero attached hydrogens (tertiary/aromatic N) is 2. The summed E-state index contributed by atoms with van der Waals surface area (Å²) in [6, 6.07) is 4.94. The quantitative estimate of drug-likeness (QED) is 0.336. The van der Waals surface area contributed by atoms with Gasteiger partial charge in [0.2, 0.25) is 0 Å². The van der Waals surface area contributed by atoms with Gasteiger partial charge in [0.25, 0.3) is 6.43 Å². The average molecular weight is 434 g/mol. The van der Waals surface area contributed by atoms with Crippen LogP contribution in [0.15, 0.2) is 23.2 Å². The molecule has 30 heavy (non-hydrogen) atoms. The topological polar surface area (TPSA) is 58.1 Å². The van der Waals surface area contributed by atoms with E-state index >= 15 is 0 Å². The molecule has 0 bridgehead atoms. The van der Waals surface area contributed by atoms with Crippen LogP contribution in [0.25, 0.3) is 0 Å². The molecule has 1 saturated heterocycles. The van der Waals surface area contributed by atoms with Crippen molar-refractivity contribution in [3.05, 3.63) is 23.8 Å². The molecule has 0 unspecified atom stereocenters. The molecule has 170 valence electrons. The number of hydrogen-bond donors (Lipinski definition) is 2. The smallest absolute Gasteiger partial charge is 0.387 e. The van der Waals surface area contributed by atoms with E-state index in [-0.39, 0.29) is 24.9 Å². The predicted octanol–water partition coefficient (Wildman–Crippen LogP) is 3.47. The van der Waals surface area contributed by atoms with Crippen molar-refractivity contribution in [3.63, 3.8) is 0 Å². The number of hydrogen-bond acceptors (Lipinski definition) is 4. The number of halogens is 4. The van der Waals surface area contributed by atoms with E-state index in [1.807, 2.05) is 6.92 Å². The van der Waals surface area contributed by atoms with Gasteiger partial charge >= 0.3 is 6.61 Å². The first kappa shape index (κ1) is 24.0. The third-order valence-corrected chi connectivity index (χ3v) is 4.72. The standard InChI is InChI=1S/C20H30F4N4O2/c1-3-10-29-16-5-4-14(17(11-16)30-19(23)24)12-26-20(25-2)27-15-6-8-28(9-7-15)13-18(21)22/h4-5,11,15,18-19H,3,6-10,12-13H2,1-2H3,(H2,25,26,27). The first-order valence-electron chi connectivity index (χ1n) is 10.1. The zero-order valence-electron chi connectivity index (χ0n) is 17.3. The first-order chi connectivity index (χ1) is 14.4. The van der Waals surface area contributed by atoms with E-state index in [1.165, 1.54) is 6.07 Å². The summed E-state index contributed by atoms with van der Waals surface area (Å²) in [6.45, 7) is 0.690. The lowest BCUT2D eigenvalue weighted by molar-refractivity contribution is -0.0505. The second-order valence-corrected chi connectivity index (χ2v) is 7.03. The van der Waals surface area contributed by atoms with Crippen LogP contribution in [-0.2, 0) is 6.54 Å². The second kappa shape index (κ2) is 12.5. The van der Waals surface area contributed by atoms with Gasteiger partial charge in [0.15, 0.2) is 5.96 Å². The normalized spacial score (nSPS) is 16.2. The Morgan fingerprint density at radius 3 is 2.57 bits per heavy atom. The Morgan fingerprint density at radius 2 is 1.97 bits per heavy atom. The van der Waals surface area contributed by atoms with Gasteiger partial charge in [-0.1, -0.05) is 6.92 Å². The van der Waals surface area contributed by atoms with Crippen molar-refractivity contribution in [1.29, 1.82) is 0 Å². The SMILES string of the molecule is CCCOc1ccc(CNC(=NC)NC2CCN(CC(F)F)CC2)c(OC(F)F)c1. The lowest BCUT2D eigenvalue weighted by Crippen LogP contribution is -2.49. The van der Waals surface area contributed by atoms with Gasteiger partial charge in [0.1, 0.15) is 11.5 Å². The minimum Gasteiger partial charge on any atom is -0.493 e. The van der Waals surface area contributed by atoms with E-state index in [0.717, 1.165) is 19.3 Å². The van der Waals surface area contributed by atoms with Gasteiger partial charge < -0.3 is 20.1 Å². The molecule has 1 aromatic rings. The third kappa shape index (κ3) is 8.25. The number of likely N-dealkylation sites (tertiary alicyclic amines) is 1. The summed E-state index contributed by atoms with van der Waals surface area (Å²) in [4.78, 5) is 5.91. The molecule has 1 aliphatic rings. The Hall–Kier alpha value is -2.23. The lowest BCUT2D eigenvalue weighted by Gasteiger charge is -2.32. The lowest BCUT2D eigenvalue weighted by atomic mass is 10.1. The number of aliphatic imine (C=N–C) groups is 1. The summed E-state index contributed by atoms with van der Waals surface area (Å²) in [6.07, 6.45) is -0.0858. The van der Waals surface area contributed by atoms with Crippen LogP contribution in [0, 0.1) is 0 Å². The van der Waals surface area contributed by atoms with E-state index in [4.69, 9.17) is 4.74 Å². The second-order valence-electron chi connectivity index (χ2n) is 7.03. The molecule has 1 fully saturated rings. The van der Waals surface area contributed by atoms with E-state index in [2.05, 4.69) is 20.4 Å². The number of guanidine groups is 1. The van der Waals surface area contributed by atoms with Gasteiger partial charge in [-0.05, 0) is 31.4 Å². The number of ether oxygens (including phenoxy) is 2. The number of nitrogens with one attached hydrogen (secondary N) is 2. The zero-order chi connectivity index (χ0) is 21.9. The van der Waals surface area contributed by atoms with Gasteiger partial charge in [0, 0.05) is 44.4 Å². The Labute approximate surface area is 174 Å². The highest BCUT2D eigenvalue weighted by Crippen LogP contribution is 2.26. The minimum absolute atomic E-state index is 0.0434. The maximum Gasteiger partial charge on any atom is 0.387 e. The zero-order valence-corrected chi connectivity index (χ0v) is 17.3. The molecule has 1 aromatic carbocycles. The van der Waals surface area contributed by atoms with Crippen LogP contribution < -0.4 is 20.1 Å². The molecule has 6 nitrogen and oxygen atoms in total. The van der Waals surface area contributed by atoms with Crippen molar-refractivity contribution in [1.82, 2.24) is 15.5 Å². The molecule has 0 spiro atoms. The molecule has 0 aliphatic carbocycles. The highest BCUT2D eigenvalue weighted by molar-refractivity contribution is 5.80. The van der Waals surface area contributed by atoms with Crippen LogP contribution in [0.5, 0.6) is 11.5 Å². The van der Waals surface area contributed by atoms with Gasteiger partial charge in [-0.3, -0.25) is 9.89 Å². The van der Waals surface area contributed by atoms with E-state index in [0.29, 0.717) is 37.0 Å². The molecular weight excluding hydrogens is 404 g/mol. The van der Waals surface area contributed by atoms with E-state index < -0.39 is 13.0 Å². The summed E-state index contributed by atoms with van der Waals surface area (Å²) in [7, 11) is 1.61. The van der Waals surface area contributed by atoms with Crippen molar-refractivity contribution in [2.24, 2.45) is 4.99 Å². The minimum atomic E-state index is -2.94. The monoisotopic (exact) mass is 434 g/mol. The molecule has 1 aliphatic heterocycles. The highest BCUT2D eigenvalue weighted by Gasteiger charge is 2.22. The van der Waals surface area contributed by atoms with Crippen LogP contribution in [0.4, 0.5) is 17.6 Å². The summed E-state index contributed by atoms with van der Waals surface area (Å²) < 4.78 is 60.7. The number of alkyl halides is 4. The van der Waals surface area contributed by atoms with Gasteiger partial charge in [-0.25, -0.2) is 8.78 Å². The molecule has 0 amide bonds. The Kier molecular flexibility index (Phi) is 9.99. The van der Waals surface area contributed by atoms with E-state index in [9.17, 15) is 17.6 Å². The van der Waals surface area contributed by atoms with Crippen molar-refractivity contribution in [2.75, 3.05) is 33.3 Å². The van der Waals surface area contributed by atoms with Crippen LogP contribution in [0.2, 0.25) is 0 Å². The van der Waals surface area contributed by atoms with Gasteiger partial charge in [-0.2, -0.15) is 8.78 Å². The van der Waals surface area contributed by atoms with Crippen LogP contribution in [0.3, 0.4) is 0 Å². The van der Waals surface area contributed by atoms with Gasteiger partial charge in [0.05, 0.1) is 13.2 Å². The number of piperidine rings is 1. The van der Waals surface area contributed by atoms with Crippen molar-refractivity contribution < 1.29 is 27.0 Å². The van der Waals surface area contributed by atoms with Crippen LogP contribution >= 0.6 is 0 Å². The number of benzene rings is 1. The Bertz CT molecular complexity index is 668. The molecule has 2 rings (SSSR count). The third-order valence-electron chi connectivity index (χ3n) is 4.72. The fourth-order valence-corrected chi connectivity index (χ4v) is 3.22. The fourth-order valence-electron chi connectivity index (χ4n) is 3.22. The summed E-state index contributed by atoms with van der Waals surface area (Å²) in [5.74, 6) is 1.02. The molecule has 0 saturated carbocycles. The molecule has 0 radical (unpaired) electrons. The highest BCUT2D eigenvalue weighted by atomic mass is 19.3. The Balaban J connectivity index is 1.91. The van der Waals surface area contributed by atoms with Crippen molar-refractivity contribution in [2.45, 2.75) is 51.8 Å². The summed E-state index contributed by atoms with van der Waals surface area (Å²) in [5, 5.41) is 6.35. The largest absolute Gasteiger partial charge is 0.493 e. The molecule has 2 N–H and O–H groups in total. The maximum atomic E-state index is 12.8. The van der Waals surface area contributed by atoms with Crippen molar-refractivity contribution >= 4 is 5.96 Å². The Morgan fingerprint density at radius 1 is 1.23 bits per heavy atom. The number of rotatable bonds is 10.